The number of hydrogen-bond acceptors (Lipinski definition) is 2. The first-order valence-corrected chi connectivity index (χ1v) is 5.34. The minimum absolute atomic E-state index is 0.667. The average molecular weight is 205 g/mol. The van der Waals surface area contributed by atoms with Crippen molar-refractivity contribution in [3.63, 3.8) is 0 Å². The van der Waals surface area contributed by atoms with E-state index in [1.807, 2.05) is 31.2 Å². The van der Waals surface area contributed by atoms with Crippen molar-refractivity contribution in [1.29, 1.82) is 0 Å². The summed E-state index contributed by atoms with van der Waals surface area (Å²) in [6.07, 6.45) is 4.92. The van der Waals surface area contributed by atoms with Gasteiger partial charge in [0.15, 0.2) is 0 Å². The lowest BCUT2D eigenvalue weighted by Crippen LogP contribution is -2.06. The molecular formula is C13H19NO. The Labute approximate surface area is 91.7 Å². The van der Waals surface area contributed by atoms with Crippen LogP contribution in [0.3, 0.4) is 0 Å². The number of allylic oxidation sites excluding steroid dienone is 1. The SMILES string of the molecule is C/C=C/COCc1ccccc1CCN. The smallest absolute Gasteiger partial charge is 0.0723 e. The van der Waals surface area contributed by atoms with Gasteiger partial charge in [0.2, 0.25) is 0 Å². The topological polar surface area (TPSA) is 35.2 Å². The zero-order chi connectivity index (χ0) is 10.9. The molecule has 2 N–H and O–H groups in total. The van der Waals surface area contributed by atoms with Crippen molar-refractivity contribution in [1.82, 2.24) is 0 Å². The molecule has 0 bridgehead atoms. The van der Waals surface area contributed by atoms with Gasteiger partial charge in [-0.2, -0.15) is 0 Å². The lowest BCUT2D eigenvalue weighted by atomic mass is 10.1. The molecule has 0 aliphatic rings. The summed E-state index contributed by atoms with van der Waals surface area (Å²) in [6.45, 7) is 4.02. The van der Waals surface area contributed by atoms with Gasteiger partial charge in [0.25, 0.3) is 0 Å². The van der Waals surface area contributed by atoms with Crippen molar-refractivity contribution >= 4 is 0 Å². The maximum Gasteiger partial charge on any atom is 0.0723 e. The van der Waals surface area contributed by atoms with E-state index in [-0.39, 0.29) is 0 Å². The third kappa shape index (κ3) is 4.28. The van der Waals surface area contributed by atoms with Crippen LogP contribution in [-0.2, 0) is 17.8 Å². The minimum Gasteiger partial charge on any atom is -0.373 e. The quantitative estimate of drug-likeness (QED) is 0.571. The van der Waals surface area contributed by atoms with Gasteiger partial charge in [0.1, 0.15) is 0 Å². The van der Waals surface area contributed by atoms with Gasteiger partial charge in [-0.1, -0.05) is 36.4 Å². The van der Waals surface area contributed by atoms with Crippen LogP contribution in [0.15, 0.2) is 36.4 Å². The van der Waals surface area contributed by atoms with E-state index in [0.717, 1.165) is 6.42 Å². The summed E-state index contributed by atoms with van der Waals surface area (Å²) >= 11 is 0. The van der Waals surface area contributed by atoms with Crippen molar-refractivity contribution in [2.24, 2.45) is 5.73 Å². The summed E-state index contributed by atoms with van der Waals surface area (Å²) in [5.74, 6) is 0. The van der Waals surface area contributed by atoms with Crippen molar-refractivity contribution in [2.75, 3.05) is 13.2 Å². The highest BCUT2D eigenvalue weighted by molar-refractivity contribution is 5.26. The summed E-state index contributed by atoms with van der Waals surface area (Å²) in [4.78, 5) is 0. The molecule has 2 heteroatoms. The van der Waals surface area contributed by atoms with Crippen LogP contribution in [0.2, 0.25) is 0 Å². The van der Waals surface area contributed by atoms with Gasteiger partial charge in [-0.3, -0.25) is 0 Å². The summed E-state index contributed by atoms with van der Waals surface area (Å²) < 4.78 is 5.52. The van der Waals surface area contributed by atoms with Crippen LogP contribution in [-0.4, -0.2) is 13.2 Å². The second-order valence-corrected chi connectivity index (χ2v) is 3.39. The lowest BCUT2D eigenvalue weighted by Gasteiger charge is -2.08. The third-order valence-electron chi connectivity index (χ3n) is 2.24. The zero-order valence-electron chi connectivity index (χ0n) is 9.28. The van der Waals surface area contributed by atoms with Crippen molar-refractivity contribution < 1.29 is 4.74 Å². The fourth-order valence-corrected chi connectivity index (χ4v) is 1.43. The minimum atomic E-state index is 0.667. The Kier molecular flexibility index (Phi) is 5.74. The number of rotatable bonds is 6. The Morgan fingerprint density at radius 1 is 1.27 bits per heavy atom. The highest BCUT2D eigenvalue weighted by Gasteiger charge is 1.99. The van der Waals surface area contributed by atoms with Gasteiger partial charge in [0, 0.05) is 0 Å². The van der Waals surface area contributed by atoms with Gasteiger partial charge in [-0.25, -0.2) is 0 Å². The molecule has 82 valence electrons. The number of hydrogen-bond donors (Lipinski definition) is 1. The molecule has 0 aliphatic carbocycles. The van der Waals surface area contributed by atoms with Crippen molar-refractivity contribution in [3.05, 3.63) is 47.5 Å². The maximum absolute atomic E-state index is 5.55. The Bertz CT molecular complexity index is 307. The Hall–Kier alpha value is -1.12. The molecular weight excluding hydrogens is 186 g/mol. The monoisotopic (exact) mass is 205 g/mol. The molecule has 0 spiro atoms. The van der Waals surface area contributed by atoms with E-state index in [9.17, 15) is 0 Å². The second-order valence-electron chi connectivity index (χ2n) is 3.39. The maximum atomic E-state index is 5.55. The predicted molar refractivity (Wildman–Crippen MR) is 63.7 cm³/mol. The van der Waals surface area contributed by atoms with E-state index >= 15 is 0 Å². The first-order chi connectivity index (χ1) is 7.38. The number of nitrogens with two attached hydrogens (primary N) is 1. The molecule has 0 amide bonds. The summed E-state index contributed by atoms with van der Waals surface area (Å²) in [5, 5.41) is 0. The highest BCUT2D eigenvalue weighted by atomic mass is 16.5. The van der Waals surface area contributed by atoms with E-state index < -0.39 is 0 Å². The van der Waals surface area contributed by atoms with Crippen LogP contribution >= 0.6 is 0 Å². The molecule has 15 heavy (non-hydrogen) atoms. The van der Waals surface area contributed by atoms with E-state index in [1.54, 1.807) is 0 Å². The number of ether oxygens (including phenoxy) is 1. The molecule has 0 saturated carbocycles. The Balaban J connectivity index is 2.51. The van der Waals surface area contributed by atoms with Crippen molar-refractivity contribution in [2.45, 2.75) is 20.0 Å². The Morgan fingerprint density at radius 3 is 2.67 bits per heavy atom. The lowest BCUT2D eigenvalue weighted by molar-refractivity contribution is 0.148. The average Bonchev–Trinajstić information content (AvgIpc) is 2.27. The van der Waals surface area contributed by atoms with Crippen LogP contribution in [0.5, 0.6) is 0 Å². The van der Waals surface area contributed by atoms with Crippen LogP contribution in [0.1, 0.15) is 18.1 Å². The second kappa shape index (κ2) is 7.21. The van der Waals surface area contributed by atoms with E-state index in [1.165, 1.54) is 11.1 Å². The molecule has 1 aromatic rings. The molecule has 0 saturated heterocycles. The molecule has 1 aromatic carbocycles. The van der Waals surface area contributed by atoms with Gasteiger partial charge in [-0.05, 0) is 31.0 Å². The largest absolute Gasteiger partial charge is 0.373 e. The third-order valence-corrected chi connectivity index (χ3v) is 2.24. The number of benzene rings is 1. The van der Waals surface area contributed by atoms with Crippen LogP contribution in [0.25, 0.3) is 0 Å². The van der Waals surface area contributed by atoms with Crippen LogP contribution in [0.4, 0.5) is 0 Å². The van der Waals surface area contributed by atoms with Gasteiger partial charge < -0.3 is 10.5 Å². The molecule has 0 unspecified atom stereocenters. The summed E-state index contributed by atoms with van der Waals surface area (Å²) in [5.41, 5.74) is 8.09. The fourth-order valence-electron chi connectivity index (χ4n) is 1.43. The summed E-state index contributed by atoms with van der Waals surface area (Å²) in [7, 11) is 0. The molecule has 0 aromatic heterocycles. The van der Waals surface area contributed by atoms with Gasteiger partial charge in [-0.15, -0.1) is 0 Å². The fraction of sp³-hybridized carbons (Fsp3) is 0.385. The first kappa shape index (κ1) is 12.0. The van der Waals surface area contributed by atoms with Gasteiger partial charge >= 0.3 is 0 Å². The molecule has 2 nitrogen and oxygen atoms in total. The Morgan fingerprint density at radius 2 is 2.00 bits per heavy atom. The predicted octanol–water partition coefficient (Wildman–Crippen LogP) is 2.28. The zero-order valence-corrected chi connectivity index (χ0v) is 9.28. The molecule has 0 heterocycles. The molecule has 0 fully saturated rings. The molecule has 0 radical (unpaired) electrons. The van der Waals surface area contributed by atoms with E-state index in [2.05, 4.69) is 12.1 Å². The van der Waals surface area contributed by atoms with Gasteiger partial charge in [0.05, 0.1) is 13.2 Å². The standard InChI is InChI=1S/C13H19NO/c1-2-3-10-15-11-13-7-5-4-6-12(13)8-9-14/h2-7H,8-11,14H2,1H3/b3-2+. The first-order valence-electron chi connectivity index (χ1n) is 5.34. The molecule has 0 atom stereocenters. The molecule has 0 aliphatic heterocycles. The van der Waals surface area contributed by atoms with Crippen LogP contribution < -0.4 is 5.73 Å². The summed E-state index contributed by atoms with van der Waals surface area (Å²) in [6, 6.07) is 8.29. The van der Waals surface area contributed by atoms with Crippen LogP contribution in [0, 0.1) is 0 Å². The normalized spacial score (nSPS) is 11.1. The molecule has 1 rings (SSSR count). The van der Waals surface area contributed by atoms with Crippen molar-refractivity contribution in [3.8, 4) is 0 Å². The highest BCUT2D eigenvalue weighted by Crippen LogP contribution is 2.10. The van der Waals surface area contributed by atoms with E-state index in [4.69, 9.17) is 10.5 Å². The van der Waals surface area contributed by atoms with E-state index in [0.29, 0.717) is 19.8 Å².